The van der Waals surface area contributed by atoms with Gasteiger partial charge in [0, 0.05) is 40.8 Å². The van der Waals surface area contributed by atoms with Crippen LogP contribution >= 0.6 is 35.3 Å². The number of halogens is 2. The van der Waals surface area contributed by atoms with Gasteiger partial charge in [0.25, 0.3) is 15.9 Å². The van der Waals surface area contributed by atoms with Crippen molar-refractivity contribution in [2.75, 3.05) is 23.7 Å². The standard InChI is InChI=1S/C29H26ClN3O5S2.ClH/c1-38-29(35)26-24-14-15-33(17-19-6-3-2-4-7-19)18-25(24)39-28(26)31-27(34)20-8-5-9-22(16-20)32-40(36,37)23-12-10-21(30)11-13-23;/h2-13,16,32H,14-15,17-18H2,1H3,(H,31,34);1H. The lowest BCUT2D eigenvalue weighted by atomic mass is 10.0. The minimum absolute atomic E-state index is 0. The van der Waals surface area contributed by atoms with E-state index in [2.05, 4.69) is 27.1 Å². The monoisotopic (exact) mass is 631 g/mol. The molecule has 1 aliphatic heterocycles. The smallest absolute Gasteiger partial charge is 0.341 e. The number of esters is 1. The zero-order valence-corrected chi connectivity index (χ0v) is 25.1. The molecular weight excluding hydrogens is 605 g/mol. The maximum atomic E-state index is 13.3. The first-order valence-corrected chi connectivity index (χ1v) is 15.1. The number of nitrogens with zero attached hydrogens (tertiary/aromatic N) is 1. The molecule has 3 aromatic carbocycles. The van der Waals surface area contributed by atoms with Crippen LogP contribution in [0.2, 0.25) is 5.02 Å². The Morgan fingerprint density at radius 2 is 1.76 bits per heavy atom. The van der Waals surface area contributed by atoms with Crippen molar-refractivity contribution in [2.45, 2.75) is 24.4 Å². The van der Waals surface area contributed by atoms with Crippen molar-refractivity contribution in [1.29, 1.82) is 0 Å². The maximum Gasteiger partial charge on any atom is 0.341 e. The molecule has 0 saturated carbocycles. The highest BCUT2D eigenvalue weighted by molar-refractivity contribution is 7.92. The fourth-order valence-corrected chi connectivity index (χ4v) is 7.01. The summed E-state index contributed by atoms with van der Waals surface area (Å²) in [6, 6.07) is 22.1. The Hall–Kier alpha value is -3.41. The zero-order chi connectivity index (χ0) is 28.3. The normalized spacial score (nSPS) is 13.0. The van der Waals surface area contributed by atoms with Gasteiger partial charge in [-0.15, -0.1) is 23.7 Å². The van der Waals surface area contributed by atoms with Crippen LogP contribution in [-0.4, -0.2) is 38.8 Å². The first-order chi connectivity index (χ1) is 19.2. The number of hydrogen-bond acceptors (Lipinski definition) is 7. The Morgan fingerprint density at radius 3 is 2.46 bits per heavy atom. The van der Waals surface area contributed by atoms with Gasteiger partial charge >= 0.3 is 5.97 Å². The molecule has 5 rings (SSSR count). The lowest BCUT2D eigenvalue weighted by Crippen LogP contribution is -2.29. The largest absolute Gasteiger partial charge is 0.465 e. The summed E-state index contributed by atoms with van der Waals surface area (Å²) >= 11 is 7.23. The van der Waals surface area contributed by atoms with Gasteiger partial charge in [-0.3, -0.25) is 14.4 Å². The molecule has 0 aliphatic carbocycles. The van der Waals surface area contributed by atoms with Crippen LogP contribution in [0.15, 0.2) is 83.8 Å². The summed E-state index contributed by atoms with van der Waals surface area (Å²) in [7, 11) is -2.57. The van der Waals surface area contributed by atoms with Crippen LogP contribution in [0.3, 0.4) is 0 Å². The lowest BCUT2D eigenvalue weighted by molar-refractivity contribution is 0.0600. The van der Waals surface area contributed by atoms with Gasteiger partial charge in [-0.25, -0.2) is 13.2 Å². The Balaban J connectivity index is 0.00000387. The molecule has 0 spiro atoms. The topological polar surface area (TPSA) is 105 Å². The highest BCUT2D eigenvalue weighted by Gasteiger charge is 2.29. The molecule has 0 unspecified atom stereocenters. The summed E-state index contributed by atoms with van der Waals surface area (Å²) in [6.45, 7) is 2.20. The van der Waals surface area contributed by atoms with E-state index in [-0.39, 0.29) is 28.6 Å². The van der Waals surface area contributed by atoms with Crippen molar-refractivity contribution in [3.05, 3.63) is 111 Å². The number of rotatable bonds is 8. The third-order valence-electron chi connectivity index (χ3n) is 6.50. The number of anilines is 2. The number of ether oxygens (including phenoxy) is 1. The fourth-order valence-electron chi connectivity index (χ4n) is 4.57. The third-order valence-corrected chi connectivity index (χ3v) is 9.28. The number of nitrogens with one attached hydrogen (secondary N) is 2. The number of amides is 1. The number of carbonyl (C=O) groups is 2. The summed E-state index contributed by atoms with van der Waals surface area (Å²) in [5.41, 5.74) is 2.91. The summed E-state index contributed by atoms with van der Waals surface area (Å²) < 4.78 is 33.1. The van der Waals surface area contributed by atoms with Crippen molar-refractivity contribution < 1.29 is 22.7 Å². The third kappa shape index (κ3) is 7.09. The van der Waals surface area contributed by atoms with Crippen LogP contribution in [0.25, 0.3) is 0 Å². The van der Waals surface area contributed by atoms with Crippen LogP contribution in [0.5, 0.6) is 0 Å². The van der Waals surface area contributed by atoms with Crippen LogP contribution in [-0.2, 0) is 34.3 Å². The van der Waals surface area contributed by atoms with E-state index in [1.807, 2.05) is 18.2 Å². The molecule has 41 heavy (non-hydrogen) atoms. The Morgan fingerprint density at radius 1 is 1.02 bits per heavy atom. The van der Waals surface area contributed by atoms with Crippen LogP contribution in [0, 0.1) is 0 Å². The molecule has 0 bridgehead atoms. The molecule has 0 radical (unpaired) electrons. The van der Waals surface area contributed by atoms with E-state index in [9.17, 15) is 18.0 Å². The number of sulfonamides is 1. The molecule has 1 aliphatic rings. The predicted molar refractivity (Wildman–Crippen MR) is 164 cm³/mol. The molecule has 0 fully saturated rings. The predicted octanol–water partition coefficient (Wildman–Crippen LogP) is 6.22. The lowest BCUT2D eigenvalue weighted by Gasteiger charge is -2.27. The van der Waals surface area contributed by atoms with E-state index in [0.717, 1.165) is 23.5 Å². The van der Waals surface area contributed by atoms with E-state index in [1.165, 1.54) is 54.3 Å². The minimum Gasteiger partial charge on any atom is -0.465 e. The Labute approximate surface area is 253 Å². The molecular formula is C29H27Cl2N3O5S2. The molecule has 8 nitrogen and oxygen atoms in total. The van der Waals surface area contributed by atoms with Crippen LogP contribution in [0.4, 0.5) is 10.7 Å². The SMILES string of the molecule is COC(=O)c1c(NC(=O)c2cccc(NS(=O)(=O)c3ccc(Cl)cc3)c2)sc2c1CCN(Cc1ccccc1)C2.Cl. The van der Waals surface area contributed by atoms with Crippen molar-refractivity contribution in [1.82, 2.24) is 4.90 Å². The van der Waals surface area contributed by atoms with Gasteiger partial charge < -0.3 is 10.1 Å². The highest BCUT2D eigenvalue weighted by atomic mass is 35.5. The van der Waals surface area contributed by atoms with Gasteiger partial charge in [-0.2, -0.15) is 0 Å². The molecule has 12 heteroatoms. The molecule has 0 saturated heterocycles. The van der Waals surface area contributed by atoms with Crippen LogP contribution < -0.4 is 10.0 Å². The van der Waals surface area contributed by atoms with Gasteiger partial charge in [0.05, 0.1) is 17.6 Å². The van der Waals surface area contributed by atoms with E-state index in [0.29, 0.717) is 28.6 Å². The first kappa shape index (κ1) is 30.5. The first-order valence-electron chi connectivity index (χ1n) is 12.4. The van der Waals surface area contributed by atoms with E-state index in [4.69, 9.17) is 16.3 Å². The summed E-state index contributed by atoms with van der Waals surface area (Å²) in [5.74, 6) is -0.980. The van der Waals surface area contributed by atoms with Gasteiger partial charge in [0.1, 0.15) is 5.00 Å². The molecule has 1 amide bonds. The Kier molecular flexibility index (Phi) is 9.72. The van der Waals surface area contributed by atoms with Crippen molar-refractivity contribution in [3.63, 3.8) is 0 Å². The van der Waals surface area contributed by atoms with Crippen molar-refractivity contribution in [2.24, 2.45) is 0 Å². The van der Waals surface area contributed by atoms with Gasteiger partial charge in [-0.05, 0) is 60.0 Å². The summed E-state index contributed by atoms with van der Waals surface area (Å²) in [5, 5.41) is 3.69. The molecule has 214 valence electrons. The maximum absolute atomic E-state index is 13.3. The number of hydrogen-bond donors (Lipinski definition) is 2. The zero-order valence-electron chi connectivity index (χ0n) is 21.9. The van der Waals surface area contributed by atoms with E-state index >= 15 is 0 Å². The quantitative estimate of drug-likeness (QED) is 0.224. The van der Waals surface area contributed by atoms with Crippen LogP contribution in [0.1, 0.15) is 36.7 Å². The number of thiophene rings is 1. The molecule has 1 aromatic heterocycles. The average Bonchev–Trinajstić information content (AvgIpc) is 3.30. The average molecular weight is 633 g/mol. The minimum atomic E-state index is -3.89. The van der Waals surface area contributed by atoms with E-state index < -0.39 is 21.9 Å². The molecule has 2 heterocycles. The Bertz CT molecular complexity index is 1660. The van der Waals surface area contributed by atoms with E-state index in [1.54, 1.807) is 18.2 Å². The van der Waals surface area contributed by atoms with Crippen molar-refractivity contribution >= 4 is 67.9 Å². The number of fused-ring (bicyclic) bond motifs is 1. The second-order valence-corrected chi connectivity index (χ2v) is 12.5. The second kappa shape index (κ2) is 13.1. The van der Waals surface area contributed by atoms with Crippen molar-refractivity contribution in [3.8, 4) is 0 Å². The number of benzene rings is 3. The second-order valence-electron chi connectivity index (χ2n) is 9.24. The van der Waals surface area contributed by atoms with Gasteiger partial charge in [-0.1, -0.05) is 48.0 Å². The summed E-state index contributed by atoms with van der Waals surface area (Å²) in [6.07, 6.45) is 0.654. The van der Waals surface area contributed by atoms with Gasteiger partial charge in [0.15, 0.2) is 0 Å². The number of carbonyl (C=O) groups excluding carboxylic acids is 2. The molecule has 0 atom stereocenters. The van der Waals surface area contributed by atoms with Gasteiger partial charge in [0.2, 0.25) is 0 Å². The molecule has 2 N–H and O–H groups in total. The fraction of sp³-hybridized carbons (Fsp3) is 0.172. The highest BCUT2D eigenvalue weighted by Crippen LogP contribution is 2.38. The summed E-state index contributed by atoms with van der Waals surface area (Å²) in [4.78, 5) is 29.4. The molecule has 4 aromatic rings. The number of methoxy groups -OCH3 is 1.